The lowest BCUT2D eigenvalue weighted by Crippen LogP contribution is -2.31. The van der Waals surface area contributed by atoms with Gasteiger partial charge in [0.05, 0.1) is 5.75 Å². The van der Waals surface area contributed by atoms with Crippen LogP contribution in [0.1, 0.15) is 18.1 Å². The predicted molar refractivity (Wildman–Crippen MR) is 76.0 cm³/mol. The topological polar surface area (TPSA) is 81.4 Å². The molecule has 0 spiro atoms. The van der Waals surface area contributed by atoms with Crippen LogP contribution in [-0.2, 0) is 27.1 Å². The van der Waals surface area contributed by atoms with Gasteiger partial charge in [0.15, 0.2) is 0 Å². The van der Waals surface area contributed by atoms with E-state index in [1.54, 1.807) is 13.2 Å². The number of hydrogen-bond donors (Lipinski definition) is 2. The van der Waals surface area contributed by atoms with E-state index in [1.165, 1.54) is 0 Å². The van der Waals surface area contributed by atoms with E-state index in [4.69, 9.17) is 10.5 Å². The third-order valence-electron chi connectivity index (χ3n) is 2.79. The van der Waals surface area contributed by atoms with Crippen LogP contribution < -0.4 is 10.5 Å². The number of methoxy groups -OCH3 is 1. The highest BCUT2D eigenvalue weighted by atomic mass is 32.2. The average Bonchev–Trinajstić information content (AvgIpc) is 2.37. The number of rotatable bonds is 8. The second-order valence-corrected chi connectivity index (χ2v) is 6.45. The molecule has 0 aliphatic carbocycles. The summed E-state index contributed by atoms with van der Waals surface area (Å²) in [6.45, 7) is 3.18. The molecule has 0 fully saturated rings. The Balaban J connectivity index is 2.64. The Morgan fingerprint density at radius 3 is 2.53 bits per heavy atom. The minimum absolute atomic E-state index is 0.0416. The fraction of sp³-hybridized carbons (Fsp3) is 0.538. The molecule has 0 aliphatic heterocycles. The third-order valence-corrected chi connectivity index (χ3v) is 4.08. The van der Waals surface area contributed by atoms with Gasteiger partial charge in [0.1, 0.15) is 0 Å². The molecule has 1 rings (SSSR count). The van der Waals surface area contributed by atoms with Gasteiger partial charge in [-0.05, 0) is 17.0 Å². The summed E-state index contributed by atoms with van der Waals surface area (Å²) in [6, 6.07) is 7.31. The molecule has 108 valence electrons. The van der Waals surface area contributed by atoms with Gasteiger partial charge in [0.2, 0.25) is 10.0 Å². The van der Waals surface area contributed by atoms with Crippen LogP contribution in [0, 0.1) is 5.92 Å². The lowest BCUT2D eigenvalue weighted by atomic mass is 10.1. The largest absolute Gasteiger partial charge is 0.384 e. The molecule has 0 heterocycles. The van der Waals surface area contributed by atoms with Crippen LogP contribution in [0.3, 0.4) is 0 Å². The first-order chi connectivity index (χ1) is 8.98. The van der Waals surface area contributed by atoms with Crippen LogP contribution in [0.2, 0.25) is 0 Å². The Morgan fingerprint density at radius 1 is 1.32 bits per heavy atom. The van der Waals surface area contributed by atoms with Crippen LogP contribution in [0.5, 0.6) is 0 Å². The van der Waals surface area contributed by atoms with Gasteiger partial charge < -0.3 is 10.5 Å². The Labute approximate surface area is 115 Å². The van der Waals surface area contributed by atoms with E-state index in [2.05, 4.69) is 4.72 Å². The molecule has 0 aromatic heterocycles. The smallest absolute Gasteiger partial charge is 0.215 e. The summed E-state index contributed by atoms with van der Waals surface area (Å²) in [4.78, 5) is 0. The first kappa shape index (κ1) is 16.1. The molecule has 19 heavy (non-hydrogen) atoms. The van der Waals surface area contributed by atoms with Gasteiger partial charge >= 0.3 is 0 Å². The van der Waals surface area contributed by atoms with E-state index in [0.29, 0.717) is 19.7 Å². The number of ether oxygens (including phenoxy) is 1. The minimum Gasteiger partial charge on any atom is -0.384 e. The zero-order chi connectivity index (χ0) is 14.3. The molecule has 0 aliphatic rings. The van der Waals surface area contributed by atoms with Crippen molar-refractivity contribution in [2.24, 2.45) is 11.7 Å². The Bertz CT molecular complexity index is 488. The van der Waals surface area contributed by atoms with Crippen molar-refractivity contribution in [2.45, 2.75) is 19.2 Å². The highest BCUT2D eigenvalue weighted by Crippen LogP contribution is 2.11. The number of sulfonamides is 1. The molecule has 0 saturated heterocycles. The number of nitrogens with two attached hydrogens (primary N) is 1. The Kier molecular flexibility index (Phi) is 6.44. The summed E-state index contributed by atoms with van der Waals surface area (Å²) in [5, 5.41) is 0. The number of nitrogens with one attached hydrogen (secondary N) is 1. The van der Waals surface area contributed by atoms with Gasteiger partial charge in [0.25, 0.3) is 0 Å². The molecule has 6 heteroatoms. The van der Waals surface area contributed by atoms with E-state index in [1.807, 2.05) is 25.1 Å². The molecule has 0 bridgehead atoms. The van der Waals surface area contributed by atoms with Crippen LogP contribution in [0.4, 0.5) is 0 Å². The van der Waals surface area contributed by atoms with Crippen molar-refractivity contribution >= 4 is 10.0 Å². The first-order valence-electron chi connectivity index (χ1n) is 6.21. The summed E-state index contributed by atoms with van der Waals surface area (Å²) in [7, 11) is -1.74. The van der Waals surface area contributed by atoms with Gasteiger partial charge in [-0.2, -0.15) is 0 Å². The maximum atomic E-state index is 12.0. The van der Waals surface area contributed by atoms with Crippen LogP contribution in [0.15, 0.2) is 24.3 Å². The fourth-order valence-corrected chi connectivity index (χ4v) is 3.10. The summed E-state index contributed by atoms with van der Waals surface area (Å²) >= 11 is 0. The third kappa shape index (κ3) is 5.69. The normalized spacial score (nSPS) is 13.4. The minimum atomic E-state index is -3.34. The van der Waals surface area contributed by atoms with Gasteiger partial charge in [-0.1, -0.05) is 31.2 Å². The van der Waals surface area contributed by atoms with Crippen LogP contribution in [-0.4, -0.2) is 28.7 Å². The summed E-state index contributed by atoms with van der Waals surface area (Å²) in [5.74, 6) is 0.101. The van der Waals surface area contributed by atoms with Crippen molar-refractivity contribution in [3.8, 4) is 0 Å². The van der Waals surface area contributed by atoms with E-state index >= 15 is 0 Å². The van der Waals surface area contributed by atoms with E-state index in [0.717, 1.165) is 11.1 Å². The molecule has 1 unspecified atom stereocenters. The number of hydrogen-bond acceptors (Lipinski definition) is 4. The standard InChI is InChI=1S/C13H22N2O3S/c1-11(9-18-2)8-15-19(16,17)10-13-6-4-3-5-12(13)7-14/h3-6,11,15H,7-10,14H2,1-2H3. The molecular formula is C13H22N2O3S. The monoisotopic (exact) mass is 286 g/mol. The van der Waals surface area contributed by atoms with Gasteiger partial charge in [-0.25, -0.2) is 13.1 Å². The van der Waals surface area contributed by atoms with Crippen molar-refractivity contribution in [3.63, 3.8) is 0 Å². The zero-order valence-electron chi connectivity index (χ0n) is 11.4. The van der Waals surface area contributed by atoms with Crippen LogP contribution in [0.25, 0.3) is 0 Å². The van der Waals surface area contributed by atoms with Crippen molar-refractivity contribution in [1.29, 1.82) is 0 Å². The maximum absolute atomic E-state index is 12.0. The van der Waals surface area contributed by atoms with Gasteiger partial charge in [0, 0.05) is 26.8 Å². The van der Waals surface area contributed by atoms with Crippen LogP contribution >= 0.6 is 0 Å². The Hall–Kier alpha value is -0.950. The average molecular weight is 286 g/mol. The van der Waals surface area contributed by atoms with Crippen molar-refractivity contribution in [2.75, 3.05) is 20.3 Å². The predicted octanol–water partition coefficient (Wildman–Crippen LogP) is 0.847. The Morgan fingerprint density at radius 2 is 1.95 bits per heavy atom. The van der Waals surface area contributed by atoms with E-state index in [-0.39, 0.29) is 11.7 Å². The molecule has 3 N–H and O–H groups in total. The van der Waals surface area contributed by atoms with E-state index in [9.17, 15) is 8.42 Å². The molecule has 1 atom stereocenters. The molecule has 0 amide bonds. The summed E-state index contributed by atoms with van der Waals surface area (Å²) < 4.78 is 31.5. The molecule has 0 saturated carbocycles. The maximum Gasteiger partial charge on any atom is 0.215 e. The lowest BCUT2D eigenvalue weighted by Gasteiger charge is -2.13. The quantitative estimate of drug-likeness (QED) is 0.742. The molecule has 1 aromatic carbocycles. The molecule has 1 aromatic rings. The highest BCUT2D eigenvalue weighted by Gasteiger charge is 2.14. The van der Waals surface area contributed by atoms with Crippen molar-refractivity contribution in [3.05, 3.63) is 35.4 Å². The molecular weight excluding hydrogens is 264 g/mol. The van der Waals surface area contributed by atoms with Gasteiger partial charge in [-0.15, -0.1) is 0 Å². The first-order valence-corrected chi connectivity index (χ1v) is 7.87. The zero-order valence-corrected chi connectivity index (χ0v) is 12.2. The van der Waals surface area contributed by atoms with E-state index < -0.39 is 10.0 Å². The van der Waals surface area contributed by atoms with Crippen molar-refractivity contribution < 1.29 is 13.2 Å². The summed E-state index contributed by atoms with van der Waals surface area (Å²) in [6.07, 6.45) is 0. The molecule has 5 nitrogen and oxygen atoms in total. The number of benzene rings is 1. The van der Waals surface area contributed by atoms with Crippen molar-refractivity contribution in [1.82, 2.24) is 4.72 Å². The summed E-state index contributed by atoms with van der Waals surface area (Å²) in [5.41, 5.74) is 7.21. The second-order valence-electron chi connectivity index (χ2n) is 4.64. The lowest BCUT2D eigenvalue weighted by molar-refractivity contribution is 0.161. The second kappa shape index (κ2) is 7.59. The fourth-order valence-electron chi connectivity index (χ4n) is 1.77. The SMILES string of the molecule is COCC(C)CNS(=O)(=O)Cc1ccccc1CN. The highest BCUT2D eigenvalue weighted by molar-refractivity contribution is 7.88. The van der Waals surface area contributed by atoms with Gasteiger partial charge in [-0.3, -0.25) is 0 Å². The molecule has 0 radical (unpaired) electrons.